The van der Waals surface area contributed by atoms with Gasteiger partial charge in [0, 0.05) is 18.1 Å². The summed E-state index contributed by atoms with van der Waals surface area (Å²) in [5.74, 6) is -0.368. The summed E-state index contributed by atoms with van der Waals surface area (Å²) in [5, 5.41) is 4.38. The number of amides is 1. The van der Waals surface area contributed by atoms with E-state index in [-0.39, 0.29) is 11.8 Å². The van der Waals surface area contributed by atoms with Crippen LogP contribution in [0.2, 0.25) is 0 Å². The zero-order valence-corrected chi connectivity index (χ0v) is 9.31. The zero-order valence-electron chi connectivity index (χ0n) is 9.31. The van der Waals surface area contributed by atoms with E-state index in [1.54, 1.807) is 6.20 Å². The summed E-state index contributed by atoms with van der Waals surface area (Å²) >= 11 is 0. The van der Waals surface area contributed by atoms with Crippen molar-refractivity contribution in [1.82, 2.24) is 4.98 Å². The molecule has 2 aromatic rings. The molecule has 4 heteroatoms. The molecule has 17 heavy (non-hydrogen) atoms. The summed E-state index contributed by atoms with van der Waals surface area (Å²) < 4.78 is 0. The third kappa shape index (κ3) is 1.62. The third-order valence-corrected chi connectivity index (χ3v) is 3.25. The first-order valence-electron chi connectivity index (χ1n) is 5.65. The van der Waals surface area contributed by atoms with Gasteiger partial charge >= 0.3 is 0 Å². The van der Waals surface area contributed by atoms with Crippen molar-refractivity contribution in [3.05, 3.63) is 36.0 Å². The van der Waals surface area contributed by atoms with Gasteiger partial charge < -0.3 is 11.1 Å². The number of benzene rings is 1. The molecule has 0 radical (unpaired) electrons. The number of primary amides is 1. The molecular weight excluding hydrogens is 214 g/mol. The average Bonchev–Trinajstić information content (AvgIpc) is 2.38. The van der Waals surface area contributed by atoms with Crippen LogP contribution in [0, 0.1) is 5.92 Å². The Morgan fingerprint density at radius 1 is 1.41 bits per heavy atom. The molecular formula is C13H13N3O. The standard InChI is InChI=1S/C13H13N3O/c14-13(17)10-6-9-4-3-8-2-1-5-15-11(8)12(9)16-7-10/h1-5,10,16H,6-7H2,(H2,14,17). The molecule has 1 atom stereocenters. The molecule has 4 nitrogen and oxygen atoms in total. The fourth-order valence-electron chi connectivity index (χ4n) is 2.32. The predicted molar refractivity (Wildman–Crippen MR) is 66.6 cm³/mol. The van der Waals surface area contributed by atoms with E-state index < -0.39 is 0 Å². The van der Waals surface area contributed by atoms with Gasteiger partial charge in [-0.3, -0.25) is 9.78 Å². The predicted octanol–water partition coefficient (Wildman–Crippen LogP) is 1.30. The fraction of sp³-hybridized carbons (Fsp3) is 0.231. The maximum absolute atomic E-state index is 11.2. The number of nitrogens with one attached hydrogen (secondary N) is 1. The summed E-state index contributed by atoms with van der Waals surface area (Å²) in [6.07, 6.45) is 2.48. The number of pyridine rings is 1. The number of aromatic nitrogens is 1. The fourth-order valence-corrected chi connectivity index (χ4v) is 2.32. The van der Waals surface area contributed by atoms with E-state index in [0.29, 0.717) is 13.0 Å². The zero-order chi connectivity index (χ0) is 11.8. The lowest BCUT2D eigenvalue weighted by atomic mass is 9.92. The molecule has 1 unspecified atom stereocenters. The summed E-state index contributed by atoms with van der Waals surface area (Å²) in [6.45, 7) is 0.595. The van der Waals surface area contributed by atoms with E-state index in [1.165, 1.54) is 0 Å². The number of carbonyl (C=O) groups excluding carboxylic acids is 1. The van der Waals surface area contributed by atoms with Gasteiger partial charge in [-0.05, 0) is 18.1 Å². The summed E-state index contributed by atoms with van der Waals surface area (Å²) in [6, 6.07) is 8.03. The van der Waals surface area contributed by atoms with Crippen LogP contribution >= 0.6 is 0 Å². The Balaban J connectivity index is 2.11. The van der Waals surface area contributed by atoms with Gasteiger partial charge in [0.1, 0.15) is 0 Å². The summed E-state index contributed by atoms with van der Waals surface area (Å²) in [4.78, 5) is 15.6. The molecule has 0 saturated carbocycles. The van der Waals surface area contributed by atoms with Gasteiger partial charge in [-0.25, -0.2) is 0 Å². The lowest BCUT2D eigenvalue weighted by Gasteiger charge is -2.24. The van der Waals surface area contributed by atoms with Crippen molar-refractivity contribution < 1.29 is 4.79 Å². The molecule has 1 aliphatic heterocycles. The monoisotopic (exact) mass is 227 g/mol. The van der Waals surface area contributed by atoms with Crippen LogP contribution in [0.15, 0.2) is 30.5 Å². The number of hydrogen-bond donors (Lipinski definition) is 2. The largest absolute Gasteiger partial charge is 0.382 e. The van der Waals surface area contributed by atoms with Gasteiger partial charge in [0.25, 0.3) is 0 Å². The number of carbonyl (C=O) groups is 1. The molecule has 86 valence electrons. The Hall–Kier alpha value is -2.10. The van der Waals surface area contributed by atoms with Crippen LogP contribution in [0.25, 0.3) is 10.9 Å². The molecule has 1 aromatic heterocycles. The highest BCUT2D eigenvalue weighted by atomic mass is 16.1. The van der Waals surface area contributed by atoms with Gasteiger partial charge in [0.2, 0.25) is 5.91 Å². The van der Waals surface area contributed by atoms with Crippen LogP contribution in [0.3, 0.4) is 0 Å². The van der Waals surface area contributed by atoms with Gasteiger partial charge in [0.15, 0.2) is 0 Å². The van der Waals surface area contributed by atoms with Crippen LogP contribution < -0.4 is 11.1 Å². The van der Waals surface area contributed by atoms with E-state index in [1.807, 2.05) is 24.3 Å². The van der Waals surface area contributed by atoms with Crippen LogP contribution in [-0.4, -0.2) is 17.4 Å². The first-order valence-corrected chi connectivity index (χ1v) is 5.65. The Bertz CT molecular complexity index is 594. The normalized spacial score (nSPS) is 18.5. The van der Waals surface area contributed by atoms with Crippen molar-refractivity contribution in [2.45, 2.75) is 6.42 Å². The van der Waals surface area contributed by atoms with Crippen molar-refractivity contribution in [2.75, 3.05) is 11.9 Å². The molecule has 0 aliphatic carbocycles. The van der Waals surface area contributed by atoms with Crippen molar-refractivity contribution in [1.29, 1.82) is 0 Å². The Labute approximate surface area is 98.8 Å². The number of nitrogens with zero attached hydrogens (tertiary/aromatic N) is 1. The smallest absolute Gasteiger partial charge is 0.222 e. The first-order chi connectivity index (χ1) is 8.25. The number of anilines is 1. The highest BCUT2D eigenvalue weighted by molar-refractivity contribution is 5.93. The molecule has 0 bridgehead atoms. The molecule has 1 aromatic carbocycles. The van der Waals surface area contributed by atoms with Gasteiger partial charge in [-0.1, -0.05) is 18.2 Å². The number of nitrogens with two attached hydrogens (primary N) is 1. The highest BCUT2D eigenvalue weighted by Crippen LogP contribution is 2.30. The first kappa shape index (κ1) is 10.1. The van der Waals surface area contributed by atoms with Crippen LogP contribution in [0.1, 0.15) is 5.56 Å². The maximum Gasteiger partial charge on any atom is 0.222 e. The van der Waals surface area contributed by atoms with Crippen molar-refractivity contribution in [3.63, 3.8) is 0 Å². The van der Waals surface area contributed by atoms with E-state index in [4.69, 9.17) is 5.73 Å². The minimum Gasteiger partial charge on any atom is -0.382 e. The van der Waals surface area contributed by atoms with Crippen molar-refractivity contribution in [3.8, 4) is 0 Å². The third-order valence-electron chi connectivity index (χ3n) is 3.25. The summed E-state index contributed by atoms with van der Waals surface area (Å²) in [5.41, 5.74) is 8.47. The molecule has 0 fully saturated rings. The molecule has 1 aliphatic rings. The second-order valence-corrected chi connectivity index (χ2v) is 4.36. The Morgan fingerprint density at radius 3 is 3.12 bits per heavy atom. The van der Waals surface area contributed by atoms with Gasteiger partial charge in [0.05, 0.1) is 17.1 Å². The van der Waals surface area contributed by atoms with Crippen molar-refractivity contribution in [2.24, 2.45) is 11.7 Å². The number of rotatable bonds is 1. The van der Waals surface area contributed by atoms with Crippen LogP contribution in [-0.2, 0) is 11.2 Å². The molecule has 3 rings (SSSR count). The van der Waals surface area contributed by atoms with E-state index >= 15 is 0 Å². The topological polar surface area (TPSA) is 68.0 Å². The van der Waals surface area contributed by atoms with E-state index in [9.17, 15) is 4.79 Å². The number of hydrogen-bond acceptors (Lipinski definition) is 3. The lowest BCUT2D eigenvalue weighted by molar-refractivity contribution is -0.121. The summed E-state index contributed by atoms with van der Waals surface area (Å²) in [7, 11) is 0. The van der Waals surface area contributed by atoms with Crippen LogP contribution in [0.4, 0.5) is 5.69 Å². The van der Waals surface area contributed by atoms with Crippen LogP contribution in [0.5, 0.6) is 0 Å². The minimum atomic E-state index is -0.246. The highest BCUT2D eigenvalue weighted by Gasteiger charge is 2.23. The lowest BCUT2D eigenvalue weighted by Crippen LogP contribution is -2.34. The van der Waals surface area contributed by atoms with Gasteiger partial charge in [-0.15, -0.1) is 0 Å². The maximum atomic E-state index is 11.2. The van der Waals surface area contributed by atoms with Gasteiger partial charge in [-0.2, -0.15) is 0 Å². The minimum absolute atomic E-state index is 0.122. The van der Waals surface area contributed by atoms with Crippen molar-refractivity contribution >= 4 is 22.5 Å². The quantitative estimate of drug-likeness (QED) is 0.771. The van der Waals surface area contributed by atoms with E-state index in [2.05, 4.69) is 10.3 Å². The Morgan fingerprint density at radius 2 is 2.29 bits per heavy atom. The molecule has 2 heterocycles. The SMILES string of the molecule is NC(=O)C1CNc2c(ccc3cccnc23)C1. The second kappa shape index (κ2) is 3.73. The number of fused-ring (bicyclic) bond motifs is 3. The molecule has 0 spiro atoms. The van der Waals surface area contributed by atoms with E-state index in [0.717, 1.165) is 22.2 Å². The molecule has 3 N–H and O–H groups in total. The second-order valence-electron chi connectivity index (χ2n) is 4.36. The average molecular weight is 227 g/mol. The molecule has 1 amide bonds. The molecule has 0 saturated heterocycles. The Kier molecular flexibility index (Phi) is 2.21.